The highest BCUT2D eigenvalue weighted by atomic mass is 15.1. The maximum atomic E-state index is 3.61. The molecule has 0 saturated heterocycles. The number of hydrogen-bond acceptors (Lipinski definition) is 2. The van der Waals surface area contributed by atoms with E-state index in [0.717, 1.165) is 25.6 Å². The van der Waals surface area contributed by atoms with Crippen molar-refractivity contribution in [2.24, 2.45) is 5.92 Å². The van der Waals surface area contributed by atoms with Gasteiger partial charge in [0.1, 0.15) is 0 Å². The number of benzene rings is 1. The summed E-state index contributed by atoms with van der Waals surface area (Å²) in [6.07, 6.45) is 5.76. The second-order valence-corrected chi connectivity index (χ2v) is 6.08. The van der Waals surface area contributed by atoms with Gasteiger partial charge >= 0.3 is 0 Å². The Balaban J connectivity index is 1.58. The zero-order valence-corrected chi connectivity index (χ0v) is 12.5. The molecule has 1 aliphatic carbocycles. The molecule has 1 aliphatic rings. The molecule has 0 aromatic heterocycles. The van der Waals surface area contributed by atoms with Gasteiger partial charge in [-0.2, -0.15) is 0 Å². The van der Waals surface area contributed by atoms with E-state index in [1.165, 1.54) is 43.4 Å². The molecule has 0 heterocycles. The van der Waals surface area contributed by atoms with Crippen LogP contribution in [0.4, 0.5) is 0 Å². The Kier molecular flexibility index (Phi) is 5.87. The van der Waals surface area contributed by atoms with Crippen LogP contribution in [0.1, 0.15) is 36.8 Å². The molecule has 0 radical (unpaired) electrons. The Hall–Kier alpha value is -0.860. The van der Waals surface area contributed by atoms with Crippen LogP contribution in [0.5, 0.6) is 0 Å². The molecule has 1 fully saturated rings. The van der Waals surface area contributed by atoms with Gasteiger partial charge in [0.15, 0.2) is 0 Å². The fraction of sp³-hybridized carbons (Fsp3) is 0.647. The summed E-state index contributed by atoms with van der Waals surface area (Å²) in [5.74, 6) is 0.947. The average Bonchev–Trinajstić information content (AvgIpc) is 2.91. The fourth-order valence-corrected chi connectivity index (χ4v) is 2.87. The molecular weight excluding hydrogens is 232 g/mol. The summed E-state index contributed by atoms with van der Waals surface area (Å²) in [4.78, 5) is 2.40. The van der Waals surface area contributed by atoms with E-state index in [9.17, 15) is 0 Å². The van der Waals surface area contributed by atoms with Crippen LogP contribution in [-0.4, -0.2) is 31.6 Å². The third kappa shape index (κ3) is 5.33. The molecule has 2 heteroatoms. The van der Waals surface area contributed by atoms with E-state index < -0.39 is 0 Å². The molecule has 1 N–H and O–H groups in total. The lowest BCUT2D eigenvalue weighted by molar-refractivity contribution is 0.319. The normalized spacial score (nSPS) is 16.4. The Morgan fingerprint density at radius 2 is 1.84 bits per heavy atom. The topological polar surface area (TPSA) is 15.3 Å². The zero-order valence-electron chi connectivity index (χ0n) is 12.5. The summed E-state index contributed by atoms with van der Waals surface area (Å²) in [6.45, 7) is 6.64. The predicted octanol–water partition coefficient (Wildman–Crippen LogP) is 3.21. The minimum Gasteiger partial charge on any atom is -0.315 e. The van der Waals surface area contributed by atoms with Crippen molar-refractivity contribution in [3.05, 3.63) is 35.4 Å². The smallest absolute Gasteiger partial charge is 0.0231 e. The van der Waals surface area contributed by atoms with Gasteiger partial charge < -0.3 is 10.2 Å². The second-order valence-electron chi connectivity index (χ2n) is 6.08. The quantitative estimate of drug-likeness (QED) is 0.757. The van der Waals surface area contributed by atoms with E-state index >= 15 is 0 Å². The van der Waals surface area contributed by atoms with Crippen LogP contribution in [-0.2, 0) is 6.54 Å². The maximum Gasteiger partial charge on any atom is 0.0231 e. The van der Waals surface area contributed by atoms with E-state index in [0.29, 0.717) is 0 Å². The fourth-order valence-electron chi connectivity index (χ4n) is 2.87. The molecule has 1 aromatic carbocycles. The van der Waals surface area contributed by atoms with Gasteiger partial charge in [0.05, 0.1) is 0 Å². The number of likely N-dealkylation sites (N-methyl/N-ethyl adjacent to an activating group) is 1. The second kappa shape index (κ2) is 7.66. The highest BCUT2D eigenvalue weighted by molar-refractivity contribution is 5.21. The average molecular weight is 260 g/mol. The molecule has 2 nitrogen and oxygen atoms in total. The molecule has 0 atom stereocenters. The van der Waals surface area contributed by atoms with Crippen molar-refractivity contribution in [2.75, 3.05) is 26.7 Å². The molecule has 0 spiro atoms. The molecule has 0 aliphatic heterocycles. The minimum absolute atomic E-state index is 0.947. The summed E-state index contributed by atoms with van der Waals surface area (Å²) in [6, 6.07) is 8.86. The zero-order chi connectivity index (χ0) is 13.5. The molecule has 106 valence electrons. The van der Waals surface area contributed by atoms with E-state index in [2.05, 4.69) is 48.5 Å². The van der Waals surface area contributed by atoms with Crippen molar-refractivity contribution in [1.29, 1.82) is 0 Å². The first-order chi connectivity index (χ1) is 9.24. The lowest BCUT2D eigenvalue weighted by Crippen LogP contribution is -2.31. The number of nitrogens with zero attached hydrogens (tertiary/aromatic N) is 1. The van der Waals surface area contributed by atoms with Crippen LogP contribution in [0.15, 0.2) is 24.3 Å². The van der Waals surface area contributed by atoms with Crippen LogP contribution in [0.2, 0.25) is 0 Å². The van der Waals surface area contributed by atoms with E-state index in [1.807, 2.05) is 0 Å². The van der Waals surface area contributed by atoms with Crippen LogP contribution in [0.3, 0.4) is 0 Å². The van der Waals surface area contributed by atoms with Gasteiger partial charge in [0.2, 0.25) is 0 Å². The molecule has 1 saturated carbocycles. The Bertz CT molecular complexity index is 352. The minimum atomic E-state index is 0.947. The largest absolute Gasteiger partial charge is 0.315 e. The first-order valence-corrected chi connectivity index (χ1v) is 7.69. The SMILES string of the molecule is Cc1ccc(CN(C)CCNCC2CCCC2)cc1. The van der Waals surface area contributed by atoms with Gasteiger partial charge in [-0.25, -0.2) is 0 Å². The Labute approximate surface area is 118 Å². The van der Waals surface area contributed by atoms with Gasteiger partial charge in [-0.15, -0.1) is 0 Å². The summed E-state index contributed by atoms with van der Waals surface area (Å²) in [5.41, 5.74) is 2.74. The maximum absolute atomic E-state index is 3.61. The van der Waals surface area contributed by atoms with E-state index in [1.54, 1.807) is 0 Å². The Morgan fingerprint density at radius 1 is 1.16 bits per heavy atom. The van der Waals surface area contributed by atoms with Crippen molar-refractivity contribution in [1.82, 2.24) is 10.2 Å². The van der Waals surface area contributed by atoms with Crippen LogP contribution in [0, 0.1) is 12.8 Å². The number of rotatable bonds is 7. The lowest BCUT2D eigenvalue weighted by atomic mass is 10.1. The monoisotopic (exact) mass is 260 g/mol. The molecule has 19 heavy (non-hydrogen) atoms. The number of nitrogens with one attached hydrogen (secondary N) is 1. The molecule has 0 bridgehead atoms. The van der Waals surface area contributed by atoms with E-state index in [-0.39, 0.29) is 0 Å². The van der Waals surface area contributed by atoms with Gasteiger partial charge in [-0.3, -0.25) is 0 Å². The molecule has 0 unspecified atom stereocenters. The molecule has 1 aromatic rings. The number of hydrogen-bond donors (Lipinski definition) is 1. The predicted molar refractivity (Wildman–Crippen MR) is 82.3 cm³/mol. The summed E-state index contributed by atoms with van der Waals surface area (Å²) < 4.78 is 0. The Morgan fingerprint density at radius 3 is 2.53 bits per heavy atom. The summed E-state index contributed by atoms with van der Waals surface area (Å²) in [5, 5.41) is 3.61. The standard InChI is InChI=1S/C17H28N2/c1-15-7-9-17(10-8-15)14-19(2)12-11-18-13-16-5-3-4-6-16/h7-10,16,18H,3-6,11-14H2,1-2H3. The van der Waals surface area contributed by atoms with Gasteiger partial charge in [0, 0.05) is 19.6 Å². The van der Waals surface area contributed by atoms with E-state index in [4.69, 9.17) is 0 Å². The summed E-state index contributed by atoms with van der Waals surface area (Å²) >= 11 is 0. The third-order valence-electron chi connectivity index (χ3n) is 4.15. The third-order valence-corrected chi connectivity index (χ3v) is 4.15. The van der Waals surface area contributed by atoms with Crippen LogP contribution >= 0.6 is 0 Å². The highest BCUT2D eigenvalue weighted by Gasteiger charge is 2.13. The van der Waals surface area contributed by atoms with Gasteiger partial charge in [0.25, 0.3) is 0 Å². The first kappa shape index (κ1) is 14.5. The van der Waals surface area contributed by atoms with Crippen molar-refractivity contribution in [3.8, 4) is 0 Å². The van der Waals surface area contributed by atoms with Crippen LogP contribution in [0.25, 0.3) is 0 Å². The highest BCUT2D eigenvalue weighted by Crippen LogP contribution is 2.23. The van der Waals surface area contributed by atoms with Gasteiger partial charge in [-0.05, 0) is 44.8 Å². The summed E-state index contributed by atoms with van der Waals surface area (Å²) in [7, 11) is 2.21. The molecular formula is C17H28N2. The lowest BCUT2D eigenvalue weighted by Gasteiger charge is -2.18. The van der Waals surface area contributed by atoms with Crippen molar-refractivity contribution in [3.63, 3.8) is 0 Å². The van der Waals surface area contributed by atoms with Crippen molar-refractivity contribution in [2.45, 2.75) is 39.2 Å². The van der Waals surface area contributed by atoms with Crippen molar-refractivity contribution >= 4 is 0 Å². The van der Waals surface area contributed by atoms with Gasteiger partial charge in [-0.1, -0.05) is 42.7 Å². The van der Waals surface area contributed by atoms with Crippen molar-refractivity contribution < 1.29 is 0 Å². The molecule has 0 amide bonds. The number of aryl methyl sites for hydroxylation is 1. The van der Waals surface area contributed by atoms with Crippen LogP contribution < -0.4 is 5.32 Å². The first-order valence-electron chi connectivity index (χ1n) is 7.69. The molecule has 2 rings (SSSR count).